The number of piperazine rings is 1. The molecule has 0 radical (unpaired) electrons. The van der Waals surface area contributed by atoms with Gasteiger partial charge in [0, 0.05) is 19.6 Å². The van der Waals surface area contributed by atoms with Gasteiger partial charge >= 0.3 is 5.97 Å². The first-order valence-corrected chi connectivity index (χ1v) is 8.53. The molecule has 2 N–H and O–H groups in total. The fourth-order valence-corrected chi connectivity index (χ4v) is 3.19. The van der Waals surface area contributed by atoms with Gasteiger partial charge in [-0.1, -0.05) is 42.0 Å². The number of benzene rings is 2. The number of carboxylic acids is 1. The molecule has 0 spiro atoms. The highest BCUT2D eigenvalue weighted by Gasteiger charge is 2.33. The van der Waals surface area contributed by atoms with Crippen molar-refractivity contribution in [1.82, 2.24) is 9.80 Å². The molecule has 6 nitrogen and oxygen atoms in total. The van der Waals surface area contributed by atoms with Gasteiger partial charge in [-0.3, -0.25) is 14.5 Å². The fourth-order valence-electron chi connectivity index (χ4n) is 3.19. The molecule has 0 saturated carbocycles. The number of phenols is 1. The Balaban J connectivity index is 1.69. The Kier molecular flexibility index (Phi) is 5.23. The largest absolute Gasteiger partial charge is 0.508 e. The number of carboxylic acid groups (broad SMARTS) is 1. The molecule has 1 amide bonds. The van der Waals surface area contributed by atoms with E-state index in [1.165, 1.54) is 17.7 Å². The second-order valence-electron chi connectivity index (χ2n) is 6.60. The minimum absolute atomic E-state index is 0.0592. The van der Waals surface area contributed by atoms with Gasteiger partial charge in [-0.25, -0.2) is 0 Å². The highest BCUT2D eigenvalue weighted by molar-refractivity contribution is 5.81. The summed E-state index contributed by atoms with van der Waals surface area (Å²) >= 11 is 0. The molecule has 3 rings (SSSR count). The fraction of sp³-hybridized carbons (Fsp3) is 0.300. The van der Waals surface area contributed by atoms with Gasteiger partial charge in [0.2, 0.25) is 5.91 Å². The molecule has 0 aromatic heterocycles. The molecule has 1 atom stereocenters. The monoisotopic (exact) mass is 354 g/mol. The lowest BCUT2D eigenvalue weighted by Gasteiger charge is -2.37. The minimum Gasteiger partial charge on any atom is -0.508 e. The topological polar surface area (TPSA) is 81.1 Å². The van der Waals surface area contributed by atoms with E-state index in [4.69, 9.17) is 0 Å². The second-order valence-corrected chi connectivity index (χ2v) is 6.60. The van der Waals surface area contributed by atoms with E-state index in [9.17, 15) is 19.8 Å². The lowest BCUT2D eigenvalue weighted by molar-refractivity contribution is -0.148. The molecule has 136 valence electrons. The standard InChI is InChI=1S/C20H22N2O4/c1-14-2-4-15(5-3-14)12-21-10-11-22(13-18(21)24)19(20(25)26)16-6-8-17(23)9-7-16/h2-9,19,23H,10-13H2,1H3,(H,25,26)/t19-/m0/s1. The number of carbonyl (C=O) groups excluding carboxylic acids is 1. The Morgan fingerprint density at radius 2 is 1.73 bits per heavy atom. The summed E-state index contributed by atoms with van der Waals surface area (Å²) in [6.07, 6.45) is 0. The number of aromatic hydroxyl groups is 1. The normalized spacial score (nSPS) is 16.5. The Morgan fingerprint density at radius 1 is 1.08 bits per heavy atom. The average Bonchev–Trinajstić information content (AvgIpc) is 2.61. The number of hydrogen-bond acceptors (Lipinski definition) is 4. The minimum atomic E-state index is -1.00. The van der Waals surface area contributed by atoms with Crippen molar-refractivity contribution >= 4 is 11.9 Å². The molecule has 2 aromatic rings. The third kappa shape index (κ3) is 4.03. The number of hydrogen-bond donors (Lipinski definition) is 2. The van der Waals surface area contributed by atoms with E-state index in [2.05, 4.69) is 0 Å². The summed E-state index contributed by atoms with van der Waals surface area (Å²) in [6.45, 7) is 3.57. The van der Waals surface area contributed by atoms with Gasteiger partial charge < -0.3 is 15.1 Å². The predicted octanol–water partition coefficient (Wildman–Crippen LogP) is 2.17. The van der Waals surface area contributed by atoms with Crippen LogP contribution in [0, 0.1) is 6.92 Å². The molecule has 0 bridgehead atoms. The molecule has 1 fully saturated rings. The molecular weight excluding hydrogens is 332 g/mol. The van der Waals surface area contributed by atoms with Crippen molar-refractivity contribution in [3.8, 4) is 5.75 Å². The third-order valence-electron chi connectivity index (χ3n) is 4.65. The third-order valence-corrected chi connectivity index (χ3v) is 4.65. The Bertz CT molecular complexity index is 786. The summed E-state index contributed by atoms with van der Waals surface area (Å²) in [5, 5.41) is 19.0. The SMILES string of the molecule is Cc1ccc(CN2CCN([C@H](C(=O)O)c3ccc(O)cc3)CC2=O)cc1. The molecule has 1 saturated heterocycles. The van der Waals surface area contributed by atoms with Crippen molar-refractivity contribution in [2.75, 3.05) is 19.6 Å². The van der Waals surface area contributed by atoms with E-state index < -0.39 is 12.0 Å². The number of amides is 1. The van der Waals surface area contributed by atoms with Gasteiger partial charge in [0.25, 0.3) is 0 Å². The molecule has 6 heteroatoms. The molecule has 1 aliphatic rings. The van der Waals surface area contributed by atoms with Crippen LogP contribution in [0.4, 0.5) is 0 Å². The van der Waals surface area contributed by atoms with Crippen LogP contribution >= 0.6 is 0 Å². The lowest BCUT2D eigenvalue weighted by Crippen LogP contribution is -2.52. The number of phenolic OH excluding ortho intramolecular Hbond substituents is 1. The first-order chi connectivity index (χ1) is 12.4. The van der Waals surface area contributed by atoms with E-state index in [-0.39, 0.29) is 18.2 Å². The molecule has 1 heterocycles. The lowest BCUT2D eigenvalue weighted by atomic mass is 10.0. The summed E-state index contributed by atoms with van der Waals surface area (Å²) in [5.74, 6) is -1.01. The Hall–Kier alpha value is -2.86. The second kappa shape index (κ2) is 7.58. The summed E-state index contributed by atoms with van der Waals surface area (Å²) in [7, 11) is 0. The number of aliphatic carboxylic acids is 1. The summed E-state index contributed by atoms with van der Waals surface area (Å²) in [5.41, 5.74) is 2.78. The number of carbonyl (C=O) groups is 2. The first-order valence-electron chi connectivity index (χ1n) is 8.53. The van der Waals surface area contributed by atoms with Gasteiger partial charge in [-0.05, 0) is 30.2 Å². The van der Waals surface area contributed by atoms with Crippen LogP contribution < -0.4 is 0 Å². The average molecular weight is 354 g/mol. The van der Waals surface area contributed by atoms with E-state index in [0.717, 1.165) is 5.56 Å². The molecule has 2 aromatic carbocycles. The quantitative estimate of drug-likeness (QED) is 0.860. The zero-order valence-corrected chi connectivity index (χ0v) is 14.6. The van der Waals surface area contributed by atoms with Crippen LogP contribution in [0.15, 0.2) is 48.5 Å². The van der Waals surface area contributed by atoms with Crippen LogP contribution in [0.5, 0.6) is 5.75 Å². The number of nitrogens with zero attached hydrogens (tertiary/aromatic N) is 2. The predicted molar refractivity (Wildman–Crippen MR) is 96.7 cm³/mol. The van der Waals surface area contributed by atoms with Crippen LogP contribution in [0.25, 0.3) is 0 Å². The zero-order chi connectivity index (χ0) is 18.7. The Morgan fingerprint density at radius 3 is 2.31 bits per heavy atom. The molecule has 0 unspecified atom stereocenters. The van der Waals surface area contributed by atoms with Crippen molar-refractivity contribution in [3.05, 3.63) is 65.2 Å². The van der Waals surface area contributed by atoms with Crippen molar-refractivity contribution < 1.29 is 19.8 Å². The maximum absolute atomic E-state index is 12.5. The smallest absolute Gasteiger partial charge is 0.325 e. The van der Waals surface area contributed by atoms with Gasteiger partial charge in [-0.15, -0.1) is 0 Å². The Labute approximate surface area is 152 Å². The van der Waals surface area contributed by atoms with Crippen LogP contribution in [-0.2, 0) is 16.1 Å². The highest BCUT2D eigenvalue weighted by atomic mass is 16.4. The summed E-state index contributed by atoms with van der Waals surface area (Å²) < 4.78 is 0. The molecular formula is C20H22N2O4. The number of rotatable bonds is 5. The maximum atomic E-state index is 12.5. The van der Waals surface area contributed by atoms with Crippen molar-refractivity contribution in [2.45, 2.75) is 19.5 Å². The summed E-state index contributed by atoms with van der Waals surface area (Å²) in [4.78, 5) is 27.7. The van der Waals surface area contributed by atoms with Crippen molar-refractivity contribution in [2.24, 2.45) is 0 Å². The number of aryl methyl sites for hydroxylation is 1. The van der Waals surface area contributed by atoms with Gasteiger partial charge in [0.1, 0.15) is 11.8 Å². The van der Waals surface area contributed by atoms with E-state index in [1.54, 1.807) is 21.9 Å². The van der Waals surface area contributed by atoms with Crippen molar-refractivity contribution in [3.63, 3.8) is 0 Å². The van der Waals surface area contributed by atoms with Gasteiger partial charge in [0.15, 0.2) is 0 Å². The maximum Gasteiger partial charge on any atom is 0.325 e. The van der Waals surface area contributed by atoms with E-state index in [0.29, 0.717) is 25.2 Å². The first kappa shape index (κ1) is 17.9. The van der Waals surface area contributed by atoms with Crippen LogP contribution in [0.2, 0.25) is 0 Å². The van der Waals surface area contributed by atoms with Crippen LogP contribution in [-0.4, -0.2) is 51.5 Å². The molecule has 26 heavy (non-hydrogen) atoms. The summed E-state index contributed by atoms with van der Waals surface area (Å²) in [6, 6.07) is 13.2. The van der Waals surface area contributed by atoms with Crippen LogP contribution in [0.1, 0.15) is 22.7 Å². The van der Waals surface area contributed by atoms with E-state index in [1.807, 2.05) is 31.2 Å². The van der Waals surface area contributed by atoms with Crippen LogP contribution in [0.3, 0.4) is 0 Å². The zero-order valence-electron chi connectivity index (χ0n) is 14.6. The molecule has 0 aliphatic carbocycles. The van der Waals surface area contributed by atoms with Gasteiger partial charge in [0.05, 0.1) is 6.54 Å². The molecule has 1 aliphatic heterocycles. The van der Waals surface area contributed by atoms with E-state index >= 15 is 0 Å². The highest BCUT2D eigenvalue weighted by Crippen LogP contribution is 2.25. The van der Waals surface area contributed by atoms with Gasteiger partial charge in [-0.2, -0.15) is 0 Å². The van der Waals surface area contributed by atoms with Crippen molar-refractivity contribution in [1.29, 1.82) is 0 Å².